The lowest BCUT2D eigenvalue weighted by Gasteiger charge is -2.10. The van der Waals surface area contributed by atoms with Crippen molar-refractivity contribution in [3.63, 3.8) is 0 Å². The van der Waals surface area contributed by atoms with Crippen LogP contribution in [0.4, 0.5) is 0 Å². The number of pyridine rings is 1. The Kier molecular flexibility index (Phi) is 4.92. The summed E-state index contributed by atoms with van der Waals surface area (Å²) in [7, 11) is 0. The van der Waals surface area contributed by atoms with Crippen molar-refractivity contribution in [1.82, 2.24) is 19.9 Å². The van der Waals surface area contributed by atoms with Crippen molar-refractivity contribution in [1.29, 1.82) is 0 Å². The zero-order valence-corrected chi connectivity index (χ0v) is 14.9. The van der Waals surface area contributed by atoms with Crippen molar-refractivity contribution >= 4 is 16.9 Å². The Bertz CT molecular complexity index is 1040. The summed E-state index contributed by atoms with van der Waals surface area (Å²) in [6, 6.07) is 21.8. The smallest absolute Gasteiger partial charge is 0.240 e. The molecule has 2 aromatic carbocycles. The lowest BCUT2D eigenvalue weighted by Crippen LogP contribution is -2.29. The molecule has 134 valence electrons. The second-order valence-electron chi connectivity index (χ2n) is 6.33. The molecule has 5 heteroatoms. The van der Waals surface area contributed by atoms with Crippen LogP contribution in [0.15, 0.2) is 79.1 Å². The highest BCUT2D eigenvalue weighted by molar-refractivity contribution is 5.84. The zero-order chi connectivity index (χ0) is 18.5. The largest absolute Gasteiger partial charge is 0.354 e. The van der Waals surface area contributed by atoms with Crippen LogP contribution in [0.25, 0.3) is 22.4 Å². The Labute approximate surface area is 157 Å². The molecule has 0 radical (unpaired) electrons. The summed E-state index contributed by atoms with van der Waals surface area (Å²) in [5.74, 6) is 0.751. The zero-order valence-electron chi connectivity index (χ0n) is 14.9. The average molecular weight is 356 g/mol. The standard InChI is InChI=1S/C22H20N4O/c27-21(24-15-10-17-6-2-1-3-7-17)16-26-20-9-5-4-8-19(20)25-22(26)18-11-13-23-14-12-18/h1-9,11-14H,10,15-16H2,(H,24,27). The first-order valence-electron chi connectivity index (χ1n) is 8.97. The Morgan fingerprint density at radius 3 is 2.48 bits per heavy atom. The summed E-state index contributed by atoms with van der Waals surface area (Å²) < 4.78 is 1.96. The molecule has 4 rings (SSSR count). The van der Waals surface area contributed by atoms with Gasteiger partial charge in [0.05, 0.1) is 11.0 Å². The van der Waals surface area contributed by atoms with E-state index < -0.39 is 0 Å². The van der Waals surface area contributed by atoms with Crippen LogP contribution >= 0.6 is 0 Å². The van der Waals surface area contributed by atoms with Gasteiger partial charge in [0.25, 0.3) is 0 Å². The molecule has 0 spiro atoms. The number of benzene rings is 2. The number of aromatic nitrogens is 3. The molecule has 4 aromatic rings. The number of hydrogen-bond donors (Lipinski definition) is 1. The number of fused-ring (bicyclic) bond motifs is 1. The fourth-order valence-electron chi connectivity index (χ4n) is 3.15. The van der Waals surface area contributed by atoms with Gasteiger partial charge < -0.3 is 9.88 Å². The van der Waals surface area contributed by atoms with Crippen molar-refractivity contribution in [3.05, 3.63) is 84.7 Å². The number of amides is 1. The van der Waals surface area contributed by atoms with E-state index in [9.17, 15) is 4.79 Å². The summed E-state index contributed by atoms with van der Waals surface area (Å²) in [5.41, 5.74) is 3.98. The number of nitrogens with zero attached hydrogens (tertiary/aromatic N) is 3. The third-order valence-corrected chi connectivity index (χ3v) is 4.47. The molecule has 0 aliphatic rings. The van der Waals surface area contributed by atoms with Crippen molar-refractivity contribution in [2.75, 3.05) is 6.54 Å². The van der Waals surface area contributed by atoms with Gasteiger partial charge in [0.1, 0.15) is 12.4 Å². The fraction of sp³-hybridized carbons (Fsp3) is 0.136. The molecule has 0 fully saturated rings. The van der Waals surface area contributed by atoms with Crippen molar-refractivity contribution in [3.8, 4) is 11.4 Å². The van der Waals surface area contributed by atoms with Crippen LogP contribution in [0.1, 0.15) is 5.56 Å². The molecule has 0 saturated carbocycles. The van der Waals surface area contributed by atoms with Gasteiger partial charge in [-0.25, -0.2) is 4.98 Å². The van der Waals surface area contributed by atoms with Gasteiger partial charge in [-0.2, -0.15) is 0 Å². The molecule has 0 atom stereocenters. The second-order valence-corrected chi connectivity index (χ2v) is 6.33. The summed E-state index contributed by atoms with van der Waals surface area (Å²) in [6.07, 6.45) is 4.28. The van der Waals surface area contributed by atoms with E-state index in [0.29, 0.717) is 6.54 Å². The molecule has 2 aromatic heterocycles. The maximum Gasteiger partial charge on any atom is 0.240 e. The van der Waals surface area contributed by atoms with Crippen LogP contribution in [0, 0.1) is 0 Å². The van der Waals surface area contributed by atoms with E-state index in [0.717, 1.165) is 28.8 Å². The van der Waals surface area contributed by atoms with Crippen molar-refractivity contribution in [2.24, 2.45) is 0 Å². The van der Waals surface area contributed by atoms with Crippen LogP contribution < -0.4 is 5.32 Å². The van der Waals surface area contributed by atoms with Gasteiger partial charge in [0, 0.05) is 24.5 Å². The molecule has 0 aliphatic carbocycles. The first-order chi connectivity index (χ1) is 13.3. The van der Waals surface area contributed by atoms with Crippen LogP contribution in [0.5, 0.6) is 0 Å². The maximum atomic E-state index is 12.6. The van der Waals surface area contributed by atoms with Crippen LogP contribution in [0.3, 0.4) is 0 Å². The van der Waals surface area contributed by atoms with E-state index >= 15 is 0 Å². The number of rotatable bonds is 6. The average Bonchev–Trinajstić information content (AvgIpc) is 3.08. The van der Waals surface area contributed by atoms with Gasteiger partial charge in [0.2, 0.25) is 5.91 Å². The molecule has 0 saturated heterocycles. The number of imidazole rings is 1. The topological polar surface area (TPSA) is 59.8 Å². The molecular weight excluding hydrogens is 336 g/mol. The van der Waals surface area contributed by atoms with Crippen molar-refractivity contribution < 1.29 is 4.79 Å². The molecule has 0 bridgehead atoms. The lowest BCUT2D eigenvalue weighted by molar-refractivity contribution is -0.121. The van der Waals surface area contributed by atoms with E-state index in [1.54, 1.807) is 12.4 Å². The summed E-state index contributed by atoms with van der Waals surface area (Å²) in [5, 5.41) is 3.01. The minimum atomic E-state index is -0.0237. The maximum absolute atomic E-state index is 12.6. The van der Waals surface area contributed by atoms with E-state index in [4.69, 9.17) is 4.98 Å². The summed E-state index contributed by atoms with van der Waals surface area (Å²) in [4.78, 5) is 21.3. The van der Waals surface area contributed by atoms with E-state index in [1.807, 2.05) is 59.2 Å². The Morgan fingerprint density at radius 1 is 0.926 bits per heavy atom. The Balaban J connectivity index is 1.53. The van der Waals surface area contributed by atoms with Gasteiger partial charge in [-0.1, -0.05) is 42.5 Å². The molecule has 1 amide bonds. The molecule has 0 unspecified atom stereocenters. The van der Waals surface area contributed by atoms with Crippen LogP contribution in [-0.4, -0.2) is 27.0 Å². The lowest BCUT2D eigenvalue weighted by atomic mass is 10.1. The third-order valence-electron chi connectivity index (χ3n) is 4.47. The van der Waals surface area contributed by atoms with E-state index in [2.05, 4.69) is 22.4 Å². The second kappa shape index (κ2) is 7.83. The van der Waals surface area contributed by atoms with Gasteiger partial charge >= 0.3 is 0 Å². The number of para-hydroxylation sites is 2. The van der Waals surface area contributed by atoms with Crippen molar-refractivity contribution in [2.45, 2.75) is 13.0 Å². The van der Waals surface area contributed by atoms with Crippen LogP contribution in [0.2, 0.25) is 0 Å². The fourth-order valence-corrected chi connectivity index (χ4v) is 3.15. The SMILES string of the molecule is O=C(Cn1c(-c2ccncc2)nc2ccccc21)NCCc1ccccc1. The monoisotopic (exact) mass is 356 g/mol. The van der Waals surface area contributed by atoms with Gasteiger partial charge in [0.15, 0.2) is 0 Å². The predicted octanol–water partition coefficient (Wildman–Crippen LogP) is 3.46. The quantitative estimate of drug-likeness (QED) is 0.576. The Hall–Kier alpha value is -3.47. The molecule has 0 aliphatic heterocycles. The van der Waals surface area contributed by atoms with Gasteiger partial charge in [-0.3, -0.25) is 9.78 Å². The van der Waals surface area contributed by atoms with Gasteiger partial charge in [-0.05, 0) is 36.2 Å². The minimum absolute atomic E-state index is 0.0237. The van der Waals surface area contributed by atoms with E-state index in [-0.39, 0.29) is 12.5 Å². The molecular formula is C22H20N4O. The predicted molar refractivity (Wildman–Crippen MR) is 106 cm³/mol. The van der Waals surface area contributed by atoms with E-state index in [1.165, 1.54) is 5.56 Å². The summed E-state index contributed by atoms with van der Waals surface area (Å²) >= 11 is 0. The number of nitrogens with one attached hydrogen (secondary N) is 1. The minimum Gasteiger partial charge on any atom is -0.354 e. The summed E-state index contributed by atoms with van der Waals surface area (Å²) in [6.45, 7) is 0.840. The molecule has 5 nitrogen and oxygen atoms in total. The highest BCUT2D eigenvalue weighted by atomic mass is 16.1. The molecule has 2 heterocycles. The first-order valence-corrected chi connectivity index (χ1v) is 8.97. The molecule has 1 N–H and O–H groups in total. The number of carbonyl (C=O) groups excluding carboxylic acids is 1. The highest BCUT2D eigenvalue weighted by Gasteiger charge is 2.14. The molecule has 27 heavy (non-hydrogen) atoms. The third kappa shape index (κ3) is 3.87. The Morgan fingerprint density at radius 2 is 1.67 bits per heavy atom. The highest BCUT2D eigenvalue weighted by Crippen LogP contribution is 2.24. The number of carbonyl (C=O) groups is 1. The number of hydrogen-bond acceptors (Lipinski definition) is 3. The van der Waals surface area contributed by atoms with Crippen LogP contribution in [-0.2, 0) is 17.8 Å². The normalized spacial score (nSPS) is 10.8. The van der Waals surface area contributed by atoms with Gasteiger partial charge in [-0.15, -0.1) is 0 Å². The first kappa shape index (κ1) is 17.0.